The first-order valence-electron chi connectivity index (χ1n) is 10.5. The van der Waals surface area contributed by atoms with E-state index in [2.05, 4.69) is 80.6 Å². The Morgan fingerprint density at radius 2 is 1.10 bits per heavy atom. The summed E-state index contributed by atoms with van der Waals surface area (Å²) in [5, 5.41) is 11.8. The Bertz CT molecular complexity index is 1240. The standard InChI is InChI=1S/C26H25O2Si/c1-3-16-27-29(28-17-4-2)24-15-14-22-20-11-6-9-18-8-5-10-19(25(18)20)21-12-7-13-23(24)26(21)22/h5-15H,3-4,16-17H2,1-2H3. The molecule has 1 radical (unpaired) electrons. The van der Waals surface area contributed by atoms with Crippen LogP contribution in [0.25, 0.3) is 43.1 Å². The van der Waals surface area contributed by atoms with Crippen LogP contribution in [0.1, 0.15) is 26.7 Å². The molecule has 0 aromatic heterocycles. The van der Waals surface area contributed by atoms with Crippen molar-refractivity contribution in [3.05, 3.63) is 66.7 Å². The van der Waals surface area contributed by atoms with E-state index in [4.69, 9.17) is 8.85 Å². The molecule has 29 heavy (non-hydrogen) atoms. The number of rotatable bonds is 7. The predicted molar refractivity (Wildman–Crippen MR) is 126 cm³/mol. The number of benzene rings is 5. The van der Waals surface area contributed by atoms with Crippen LogP contribution in [0.3, 0.4) is 0 Å². The van der Waals surface area contributed by atoms with E-state index in [1.807, 2.05) is 0 Å². The lowest BCUT2D eigenvalue weighted by atomic mass is 9.90. The van der Waals surface area contributed by atoms with Gasteiger partial charge < -0.3 is 8.85 Å². The second kappa shape index (κ2) is 7.75. The van der Waals surface area contributed by atoms with Crippen LogP contribution in [0.5, 0.6) is 0 Å². The Balaban J connectivity index is 1.84. The maximum atomic E-state index is 6.23. The van der Waals surface area contributed by atoms with Crippen LogP contribution in [-0.4, -0.2) is 22.5 Å². The van der Waals surface area contributed by atoms with Gasteiger partial charge in [0.15, 0.2) is 0 Å². The highest BCUT2D eigenvalue weighted by molar-refractivity contribution is 6.65. The Morgan fingerprint density at radius 1 is 0.586 bits per heavy atom. The van der Waals surface area contributed by atoms with E-state index >= 15 is 0 Å². The minimum Gasteiger partial charge on any atom is -0.390 e. The summed E-state index contributed by atoms with van der Waals surface area (Å²) in [6.07, 6.45) is 2.00. The Labute approximate surface area is 173 Å². The van der Waals surface area contributed by atoms with Crippen LogP contribution in [0.4, 0.5) is 0 Å². The molecule has 0 saturated heterocycles. The number of fused-ring (bicyclic) bond motifs is 2. The van der Waals surface area contributed by atoms with E-state index in [0.29, 0.717) is 0 Å². The lowest BCUT2D eigenvalue weighted by Gasteiger charge is -2.20. The average Bonchev–Trinajstić information content (AvgIpc) is 2.77. The van der Waals surface area contributed by atoms with Crippen LogP contribution in [0.2, 0.25) is 0 Å². The van der Waals surface area contributed by atoms with Crippen molar-refractivity contribution < 1.29 is 8.85 Å². The third-order valence-electron chi connectivity index (χ3n) is 5.62. The van der Waals surface area contributed by atoms with E-state index in [0.717, 1.165) is 26.1 Å². The largest absolute Gasteiger partial charge is 0.424 e. The molecular formula is C26H25O2Si. The molecule has 0 aliphatic rings. The van der Waals surface area contributed by atoms with Crippen LogP contribution in [0.15, 0.2) is 66.7 Å². The van der Waals surface area contributed by atoms with Crippen LogP contribution in [0, 0.1) is 0 Å². The van der Waals surface area contributed by atoms with E-state index < -0.39 is 9.28 Å². The zero-order valence-electron chi connectivity index (χ0n) is 17.0. The van der Waals surface area contributed by atoms with Gasteiger partial charge in [0, 0.05) is 18.4 Å². The molecule has 0 unspecified atom stereocenters. The maximum absolute atomic E-state index is 6.23. The molecule has 0 aliphatic carbocycles. The van der Waals surface area contributed by atoms with Gasteiger partial charge >= 0.3 is 9.28 Å². The molecule has 0 N–H and O–H groups in total. The van der Waals surface area contributed by atoms with Gasteiger partial charge in [-0.05, 0) is 55.9 Å². The van der Waals surface area contributed by atoms with Gasteiger partial charge in [-0.2, -0.15) is 0 Å². The van der Waals surface area contributed by atoms with Crippen molar-refractivity contribution in [2.75, 3.05) is 13.2 Å². The first-order valence-corrected chi connectivity index (χ1v) is 11.9. The molecule has 0 amide bonds. The molecule has 0 spiro atoms. The second-order valence-electron chi connectivity index (χ2n) is 7.58. The molecule has 2 nitrogen and oxygen atoms in total. The molecule has 5 aromatic rings. The fraction of sp³-hybridized carbons (Fsp3) is 0.231. The van der Waals surface area contributed by atoms with Gasteiger partial charge in [-0.3, -0.25) is 0 Å². The molecular weight excluding hydrogens is 372 g/mol. The third kappa shape index (κ3) is 3.01. The second-order valence-corrected chi connectivity index (χ2v) is 9.27. The van der Waals surface area contributed by atoms with E-state index in [-0.39, 0.29) is 0 Å². The monoisotopic (exact) mass is 397 g/mol. The lowest BCUT2D eigenvalue weighted by Crippen LogP contribution is -2.38. The zero-order chi connectivity index (χ0) is 19.8. The van der Waals surface area contributed by atoms with Crippen LogP contribution in [-0.2, 0) is 8.85 Å². The first-order chi connectivity index (χ1) is 14.3. The zero-order valence-corrected chi connectivity index (χ0v) is 18.0. The van der Waals surface area contributed by atoms with Gasteiger partial charge in [-0.1, -0.05) is 80.6 Å². The van der Waals surface area contributed by atoms with Crippen LogP contribution >= 0.6 is 0 Å². The van der Waals surface area contributed by atoms with Crippen LogP contribution < -0.4 is 5.19 Å². The molecule has 145 valence electrons. The van der Waals surface area contributed by atoms with E-state index in [1.54, 1.807) is 0 Å². The van der Waals surface area contributed by atoms with Gasteiger partial charge in [-0.15, -0.1) is 0 Å². The van der Waals surface area contributed by atoms with Crippen molar-refractivity contribution in [2.24, 2.45) is 0 Å². The topological polar surface area (TPSA) is 18.5 Å². The summed E-state index contributed by atoms with van der Waals surface area (Å²) < 4.78 is 12.5. The Hall–Kier alpha value is -2.46. The minimum absolute atomic E-state index is 0.739. The van der Waals surface area contributed by atoms with Gasteiger partial charge in [0.1, 0.15) is 0 Å². The van der Waals surface area contributed by atoms with Gasteiger partial charge in [0.2, 0.25) is 0 Å². The highest BCUT2D eigenvalue weighted by Crippen LogP contribution is 2.39. The summed E-state index contributed by atoms with van der Waals surface area (Å²) in [5.41, 5.74) is 0. The number of hydrogen-bond donors (Lipinski definition) is 0. The maximum Gasteiger partial charge on any atom is 0.424 e. The molecule has 3 heteroatoms. The summed E-state index contributed by atoms with van der Waals surface area (Å²) >= 11 is 0. The van der Waals surface area contributed by atoms with Crippen molar-refractivity contribution in [3.63, 3.8) is 0 Å². The quantitative estimate of drug-likeness (QED) is 0.183. The van der Waals surface area contributed by atoms with Crippen molar-refractivity contribution in [1.29, 1.82) is 0 Å². The fourth-order valence-corrected chi connectivity index (χ4v) is 6.23. The highest BCUT2D eigenvalue weighted by Gasteiger charge is 2.23. The first kappa shape index (κ1) is 18.6. The average molecular weight is 398 g/mol. The summed E-state index contributed by atoms with van der Waals surface area (Å²) in [4.78, 5) is 0. The molecule has 0 aliphatic heterocycles. The van der Waals surface area contributed by atoms with Crippen molar-refractivity contribution in [1.82, 2.24) is 0 Å². The molecule has 0 saturated carbocycles. The van der Waals surface area contributed by atoms with E-state index in [1.165, 1.54) is 48.3 Å². The lowest BCUT2D eigenvalue weighted by molar-refractivity contribution is 0.208. The minimum atomic E-state index is -1.52. The molecule has 0 fully saturated rings. The molecule has 0 heterocycles. The predicted octanol–water partition coefficient (Wildman–Crippen LogP) is 6.29. The van der Waals surface area contributed by atoms with Gasteiger partial charge in [0.25, 0.3) is 0 Å². The van der Waals surface area contributed by atoms with Gasteiger partial charge in [0.05, 0.1) is 0 Å². The Kier molecular flexibility index (Phi) is 4.96. The summed E-state index contributed by atoms with van der Waals surface area (Å²) in [6.45, 7) is 5.77. The highest BCUT2D eigenvalue weighted by atomic mass is 28.3. The summed E-state index contributed by atoms with van der Waals surface area (Å²) in [5.74, 6) is 0. The molecule has 5 aromatic carbocycles. The summed E-state index contributed by atoms with van der Waals surface area (Å²) in [7, 11) is -1.52. The number of hydrogen-bond acceptors (Lipinski definition) is 2. The molecule has 0 atom stereocenters. The normalized spacial score (nSPS) is 12.2. The van der Waals surface area contributed by atoms with E-state index in [9.17, 15) is 0 Å². The summed E-state index contributed by atoms with van der Waals surface area (Å²) in [6, 6.07) is 24.4. The molecule has 5 rings (SSSR count). The van der Waals surface area contributed by atoms with Crippen molar-refractivity contribution >= 4 is 57.6 Å². The van der Waals surface area contributed by atoms with Gasteiger partial charge in [-0.25, -0.2) is 0 Å². The Morgan fingerprint density at radius 3 is 1.72 bits per heavy atom. The van der Waals surface area contributed by atoms with Crippen molar-refractivity contribution in [2.45, 2.75) is 26.7 Å². The third-order valence-corrected chi connectivity index (χ3v) is 7.43. The SMILES string of the molecule is CCCO[Si](OCCC)c1ccc2c3cccc4cccc(c5cccc1c52)c43. The molecule has 0 bridgehead atoms. The smallest absolute Gasteiger partial charge is 0.390 e. The fourth-order valence-electron chi connectivity index (χ4n) is 4.41. The van der Waals surface area contributed by atoms with Crippen molar-refractivity contribution in [3.8, 4) is 0 Å².